The molecule has 1 fully saturated rings. The Bertz CT molecular complexity index is 1290. The second-order valence-electron chi connectivity index (χ2n) is 8.86. The highest BCUT2D eigenvalue weighted by Gasteiger charge is 2.30. The number of nitrogens with zero attached hydrogens (tertiary/aromatic N) is 3. The van der Waals surface area contributed by atoms with Crippen LogP contribution >= 0.6 is 11.6 Å². The summed E-state index contributed by atoms with van der Waals surface area (Å²) in [5, 5.41) is 17.3. The molecular weight excluding hydrogens is 489 g/mol. The number of fused-ring (bicyclic) bond motifs is 1. The van der Waals surface area contributed by atoms with Crippen LogP contribution in [0.2, 0.25) is 5.02 Å². The van der Waals surface area contributed by atoms with Crippen LogP contribution in [0.5, 0.6) is 0 Å². The van der Waals surface area contributed by atoms with E-state index in [1.54, 1.807) is 30.3 Å². The van der Waals surface area contributed by atoms with E-state index in [2.05, 4.69) is 10.4 Å². The summed E-state index contributed by atoms with van der Waals surface area (Å²) >= 11 is 5.81. The third-order valence-corrected chi connectivity index (χ3v) is 6.72. The van der Waals surface area contributed by atoms with Gasteiger partial charge in [0.2, 0.25) is 11.8 Å². The third-order valence-electron chi connectivity index (χ3n) is 6.43. The van der Waals surface area contributed by atoms with Gasteiger partial charge in [-0.05, 0) is 37.8 Å². The van der Waals surface area contributed by atoms with Crippen molar-refractivity contribution in [2.45, 2.75) is 50.9 Å². The van der Waals surface area contributed by atoms with E-state index in [4.69, 9.17) is 17.3 Å². The summed E-state index contributed by atoms with van der Waals surface area (Å²) in [7, 11) is 0. The first kappa shape index (κ1) is 25.6. The smallest absolute Gasteiger partial charge is 0.269 e. The zero-order valence-electron chi connectivity index (χ0n) is 19.5. The maximum absolute atomic E-state index is 14.2. The number of hydrogen-bond acceptors (Lipinski definition) is 5. The molecule has 2 aromatic carbocycles. The number of nitrogens with two attached hydrogens (primary N) is 1. The molecule has 0 spiro atoms. The number of rotatable bonds is 8. The number of carbonyl (C=O) groups is 3. The van der Waals surface area contributed by atoms with Crippen LogP contribution in [0.15, 0.2) is 42.5 Å². The van der Waals surface area contributed by atoms with E-state index in [0.29, 0.717) is 36.6 Å². The van der Waals surface area contributed by atoms with Gasteiger partial charge in [0.25, 0.3) is 5.91 Å². The van der Waals surface area contributed by atoms with E-state index < -0.39 is 23.7 Å². The summed E-state index contributed by atoms with van der Waals surface area (Å²) in [6.45, 7) is -0.533. The SMILES string of the molecule is NC(=O)c1nn(CC(=O)N(CC(=O)NCc2cccc(Cl)c2F)[C@H]2CC[C@@H](O)CC2)c2ccccc12. The molecule has 4 rings (SSSR count). The molecule has 36 heavy (non-hydrogen) atoms. The highest BCUT2D eigenvalue weighted by Crippen LogP contribution is 2.24. The Labute approximate surface area is 212 Å². The fraction of sp³-hybridized carbons (Fsp3) is 0.360. The number of amides is 3. The lowest BCUT2D eigenvalue weighted by Gasteiger charge is -2.35. The van der Waals surface area contributed by atoms with Crippen LogP contribution in [0.25, 0.3) is 10.9 Å². The van der Waals surface area contributed by atoms with Gasteiger partial charge in [0.05, 0.1) is 23.2 Å². The second-order valence-corrected chi connectivity index (χ2v) is 9.27. The Kier molecular flexibility index (Phi) is 7.85. The summed E-state index contributed by atoms with van der Waals surface area (Å²) in [6.07, 6.45) is 1.66. The van der Waals surface area contributed by atoms with E-state index in [1.165, 1.54) is 21.7 Å². The lowest BCUT2D eigenvalue weighted by molar-refractivity contribution is -0.140. The van der Waals surface area contributed by atoms with E-state index in [9.17, 15) is 23.9 Å². The molecular formula is C25H27ClFN5O4. The van der Waals surface area contributed by atoms with Crippen molar-refractivity contribution in [2.75, 3.05) is 6.54 Å². The van der Waals surface area contributed by atoms with Gasteiger partial charge < -0.3 is 21.1 Å². The average molecular weight is 516 g/mol. The van der Waals surface area contributed by atoms with Crippen LogP contribution in [0.3, 0.4) is 0 Å². The van der Waals surface area contributed by atoms with Crippen molar-refractivity contribution >= 4 is 40.2 Å². The molecule has 3 aromatic rings. The van der Waals surface area contributed by atoms with E-state index >= 15 is 0 Å². The Morgan fingerprint density at radius 1 is 1.14 bits per heavy atom. The first-order chi connectivity index (χ1) is 17.2. The van der Waals surface area contributed by atoms with Crippen LogP contribution in [-0.2, 0) is 22.7 Å². The number of aliphatic hydroxyl groups is 1. The maximum atomic E-state index is 14.2. The summed E-state index contributed by atoms with van der Waals surface area (Å²) in [5.41, 5.74) is 6.32. The molecule has 1 aromatic heterocycles. The molecule has 1 aliphatic rings. The standard InChI is InChI=1S/C25H27ClFN5O4/c26-19-6-3-4-15(23(19)27)12-29-21(34)13-31(16-8-10-17(33)11-9-16)22(35)14-32-20-7-2-1-5-18(20)24(30-32)25(28)36/h1-7,16-17,33H,8-14H2,(H2,28,36)(H,29,34)/t16-,17+. The summed E-state index contributed by atoms with van der Waals surface area (Å²) in [5.74, 6) is -2.14. The van der Waals surface area contributed by atoms with Crippen LogP contribution in [0.4, 0.5) is 4.39 Å². The molecule has 3 amide bonds. The van der Waals surface area contributed by atoms with Crippen molar-refractivity contribution in [2.24, 2.45) is 5.73 Å². The quantitative estimate of drug-likeness (QED) is 0.424. The monoisotopic (exact) mass is 515 g/mol. The van der Waals surface area contributed by atoms with Gasteiger partial charge in [-0.25, -0.2) is 4.39 Å². The van der Waals surface area contributed by atoms with Crippen molar-refractivity contribution in [3.8, 4) is 0 Å². The van der Waals surface area contributed by atoms with Crippen molar-refractivity contribution in [3.63, 3.8) is 0 Å². The molecule has 0 bridgehead atoms. The topological polar surface area (TPSA) is 131 Å². The summed E-state index contributed by atoms with van der Waals surface area (Å²) in [6, 6.07) is 11.2. The van der Waals surface area contributed by atoms with Crippen LogP contribution in [-0.4, -0.2) is 56.2 Å². The minimum absolute atomic E-state index is 0.0407. The zero-order chi connectivity index (χ0) is 25.8. The first-order valence-corrected chi connectivity index (χ1v) is 12.0. The van der Waals surface area contributed by atoms with Gasteiger partial charge in [0, 0.05) is 23.5 Å². The fourth-order valence-corrected chi connectivity index (χ4v) is 4.72. The normalized spacial score (nSPS) is 17.6. The molecule has 1 saturated carbocycles. The van der Waals surface area contributed by atoms with Gasteiger partial charge in [0.15, 0.2) is 5.69 Å². The summed E-state index contributed by atoms with van der Waals surface area (Å²) in [4.78, 5) is 39.6. The fourth-order valence-electron chi connectivity index (χ4n) is 4.53. The number of aromatic nitrogens is 2. The zero-order valence-corrected chi connectivity index (χ0v) is 20.2. The molecule has 0 aliphatic heterocycles. The van der Waals surface area contributed by atoms with Gasteiger partial charge >= 0.3 is 0 Å². The van der Waals surface area contributed by atoms with E-state index in [-0.39, 0.29) is 47.9 Å². The lowest BCUT2D eigenvalue weighted by Crippen LogP contribution is -2.49. The molecule has 9 nitrogen and oxygen atoms in total. The molecule has 190 valence electrons. The molecule has 0 atom stereocenters. The molecule has 0 saturated heterocycles. The third kappa shape index (κ3) is 5.66. The Balaban J connectivity index is 1.52. The molecule has 1 aliphatic carbocycles. The highest BCUT2D eigenvalue weighted by atomic mass is 35.5. The number of para-hydroxylation sites is 1. The van der Waals surface area contributed by atoms with Crippen molar-refractivity contribution in [1.82, 2.24) is 20.0 Å². The molecule has 1 heterocycles. The Morgan fingerprint density at radius 2 is 1.86 bits per heavy atom. The number of benzene rings is 2. The van der Waals surface area contributed by atoms with Gasteiger partial charge in [-0.15, -0.1) is 0 Å². The number of nitrogens with one attached hydrogen (secondary N) is 1. The average Bonchev–Trinajstić information content (AvgIpc) is 3.23. The lowest BCUT2D eigenvalue weighted by atomic mass is 9.92. The van der Waals surface area contributed by atoms with Crippen LogP contribution in [0, 0.1) is 5.82 Å². The van der Waals surface area contributed by atoms with Crippen molar-refractivity contribution < 1.29 is 23.9 Å². The van der Waals surface area contributed by atoms with Gasteiger partial charge in [-0.1, -0.05) is 41.9 Å². The van der Waals surface area contributed by atoms with E-state index in [1.807, 2.05) is 0 Å². The Morgan fingerprint density at radius 3 is 2.58 bits per heavy atom. The van der Waals surface area contributed by atoms with Gasteiger partial charge in [-0.2, -0.15) is 5.10 Å². The maximum Gasteiger partial charge on any atom is 0.269 e. The van der Waals surface area contributed by atoms with Crippen LogP contribution < -0.4 is 11.1 Å². The predicted molar refractivity (Wildman–Crippen MR) is 131 cm³/mol. The van der Waals surface area contributed by atoms with Crippen LogP contribution in [0.1, 0.15) is 41.7 Å². The summed E-state index contributed by atoms with van der Waals surface area (Å²) < 4.78 is 15.6. The minimum atomic E-state index is -0.705. The predicted octanol–water partition coefficient (Wildman–Crippen LogP) is 2.38. The van der Waals surface area contributed by atoms with Crippen molar-refractivity contribution in [1.29, 1.82) is 0 Å². The van der Waals surface area contributed by atoms with E-state index in [0.717, 1.165) is 0 Å². The van der Waals surface area contributed by atoms with Gasteiger partial charge in [0.1, 0.15) is 12.4 Å². The van der Waals surface area contributed by atoms with Crippen molar-refractivity contribution in [3.05, 3.63) is 64.6 Å². The largest absolute Gasteiger partial charge is 0.393 e. The first-order valence-electron chi connectivity index (χ1n) is 11.7. The molecule has 4 N–H and O–H groups in total. The molecule has 11 heteroatoms. The number of carbonyl (C=O) groups excluding carboxylic acids is 3. The Hall–Kier alpha value is -3.50. The number of aliphatic hydroxyl groups excluding tert-OH is 1. The highest BCUT2D eigenvalue weighted by molar-refractivity contribution is 6.30. The number of hydrogen-bond donors (Lipinski definition) is 3. The molecule has 0 radical (unpaired) electrons. The number of halogens is 2. The number of primary amides is 1. The molecule has 0 unspecified atom stereocenters. The second kappa shape index (κ2) is 11.0. The van der Waals surface area contributed by atoms with Gasteiger partial charge in [-0.3, -0.25) is 19.1 Å². The minimum Gasteiger partial charge on any atom is -0.393 e.